The highest BCUT2D eigenvalue weighted by Crippen LogP contribution is 2.28. The first kappa shape index (κ1) is 20.6. The van der Waals surface area contributed by atoms with Gasteiger partial charge in [0.15, 0.2) is 0 Å². The summed E-state index contributed by atoms with van der Waals surface area (Å²) in [7, 11) is 3.02. The number of benzene rings is 2. The van der Waals surface area contributed by atoms with Crippen LogP contribution in [0, 0.1) is 0 Å². The smallest absolute Gasteiger partial charge is 0.337 e. The first-order chi connectivity index (χ1) is 14.1. The minimum Gasteiger partial charge on any atom is -0.497 e. The van der Waals surface area contributed by atoms with Gasteiger partial charge in [0.25, 0.3) is 0 Å². The van der Waals surface area contributed by atoms with Crippen LogP contribution < -0.4 is 10.1 Å². The van der Waals surface area contributed by atoms with E-state index in [-0.39, 0.29) is 11.9 Å². The van der Waals surface area contributed by atoms with Crippen LogP contribution in [-0.2, 0) is 22.5 Å². The summed E-state index contributed by atoms with van der Waals surface area (Å²) in [5, 5.41) is 3.03. The highest BCUT2D eigenvalue weighted by atomic mass is 16.5. The van der Waals surface area contributed by atoms with Crippen molar-refractivity contribution < 1.29 is 19.1 Å². The van der Waals surface area contributed by atoms with E-state index < -0.39 is 0 Å². The number of esters is 1. The van der Waals surface area contributed by atoms with Crippen molar-refractivity contribution in [2.45, 2.75) is 38.6 Å². The van der Waals surface area contributed by atoms with Crippen LogP contribution in [0.2, 0.25) is 0 Å². The molecule has 0 spiro atoms. The third-order valence-electron chi connectivity index (χ3n) is 5.26. The number of hydrogen-bond acceptors (Lipinski definition) is 4. The molecule has 1 aliphatic carbocycles. The maximum Gasteiger partial charge on any atom is 0.337 e. The molecule has 29 heavy (non-hydrogen) atoms. The van der Waals surface area contributed by atoms with E-state index in [2.05, 4.69) is 17.4 Å². The van der Waals surface area contributed by atoms with Crippen LogP contribution in [0.15, 0.2) is 59.7 Å². The second-order valence-electron chi connectivity index (χ2n) is 7.19. The first-order valence-electron chi connectivity index (χ1n) is 9.90. The summed E-state index contributed by atoms with van der Waals surface area (Å²) in [6, 6.07) is 15.1. The maximum atomic E-state index is 12.8. The zero-order valence-electron chi connectivity index (χ0n) is 17.0. The van der Waals surface area contributed by atoms with Gasteiger partial charge in [0.05, 0.1) is 19.8 Å². The maximum absolute atomic E-state index is 12.8. The number of allylic oxidation sites excluding steroid dienone is 1. The molecule has 0 saturated heterocycles. The second-order valence-corrected chi connectivity index (χ2v) is 7.19. The molecule has 0 saturated carbocycles. The number of ether oxygens (including phenoxy) is 2. The molecule has 5 nitrogen and oxygen atoms in total. The molecule has 1 N–H and O–H groups in total. The zero-order chi connectivity index (χ0) is 20.6. The standard InChI is InChI=1S/C24H27NO4/c1-28-21-13-9-17(10-14-21)15-20-5-3-4-6-22(20)23(26)25-16-18-7-11-19(12-8-18)24(27)29-2/h7-14H,3-6,15-16H2,1-2H3,(H,25,26). The van der Waals surface area contributed by atoms with Crippen molar-refractivity contribution >= 4 is 11.9 Å². The lowest BCUT2D eigenvalue weighted by atomic mass is 9.87. The van der Waals surface area contributed by atoms with Gasteiger partial charge in [-0.05, 0) is 67.5 Å². The number of carbonyl (C=O) groups excluding carboxylic acids is 2. The van der Waals surface area contributed by atoms with Gasteiger partial charge in [0, 0.05) is 12.1 Å². The lowest BCUT2D eigenvalue weighted by molar-refractivity contribution is -0.117. The highest BCUT2D eigenvalue weighted by Gasteiger charge is 2.19. The monoisotopic (exact) mass is 393 g/mol. The van der Waals surface area contributed by atoms with Gasteiger partial charge in [-0.2, -0.15) is 0 Å². The lowest BCUT2D eigenvalue weighted by Gasteiger charge is -2.20. The summed E-state index contributed by atoms with van der Waals surface area (Å²) in [5.74, 6) is 0.476. The summed E-state index contributed by atoms with van der Waals surface area (Å²) < 4.78 is 9.92. The Hall–Kier alpha value is -3.08. The van der Waals surface area contributed by atoms with Gasteiger partial charge in [-0.3, -0.25) is 4.79 Å². The number of nitrogens with one attached hydrogen (secondary N) is 1. The van der Waals surface area contributed by atoms with E-state index in [0.29, 0.717) is 12.1 Å². The molecule has 0 unspecified atom stereocenters. The second kappa shape index (κ2) is 9.92. The van der Waals surface area contributed by atoms with E-state index in [1.807, 2.05) is 24.3 Å². The predicted molar refractivity (Wildman–Crippen MR) is 112 cm³/mol. The Morgan fingerprint density at radius 3 is 2.21 bits per heavy atom. The molecular formula is C24H27NO4. The number of hydrogen-bond donors (Lipinski definition) is 1. The number of amides is 1. The van der Waals surface area contributed by atoms with Gasteiger partial charge < -0.3 is 14.8 Å². The lowest BCUT2D eigenvalue weighted by Crippen LogP contribution is -2.27. The molecule has 1 amide bonds. The first-order valence-corrected chi connectivity index (χ1v) is 9.90. The van der Waals surface area contributed by atoms with Gasteiger partial charge in [-0.25, -0.2) is 4.79 Å². The summed E-state index contributed by atoms with van der Waals surface area (Å²) in [4.78, 5) is 24.3. The van der Waals surface area contributed by atoms with Crippen LogP contribution in [0.1, 0.15) is 47.2 Å². The van der Waals surface area contributed by atoms with E-state index in [1.54, 1.807) is 19.2 Å². The largest absolute Gasteiger partial charge is 0.497 e. The Morgan fingerprint density at radius 2 is 1.55 bits per heavy atom. The average Bonchev–Trinajstić information content (AvgIpc) is 2.78. The molecule has 5 heteroatoms. The molecule has 0 aliphatic heterocycles. The minimum atomic E-state index is -0.365. The Labute approximate surface area is 171 Å². The van der Waals surface area contributed by atoms with Crippen molar-refractivity contribution in [1.82, 2.24) is 5.32 Å². The fourth-order valence-corrected chi connectivity index (χ4v) is 3.59. The molecular weight excluding hydrogens is 366 g/mol. The molecule has 2 aromatic carbocycles. The van der Waals surface area contributed by atoms with Gasteiger partial charge in [0.1, 0.15) is 5.75 Å². The van der Waals surface area contributed by atoms with Gasteiger partial charge in [0.2, 0.25) is 5.91 Å². The SMILES string of the molecule is COC(=O)c1ccc(CNC(=O)C2=C(Cc3ccc(OC)cc3)CCCC2)cc1. The van der Waals surface area contributed by atoms with Crippen LogP contribution >= 0.6 is 0 Å². The van der Waals surface area contributed by atoms with Crippen molar-refractivity contribution in [2.24, 2.45) is 0 Å². The van der Waals surface area contributed by atoms with Crippen molar-refractivity contribution in [3.8, 4) is 5.75 Å². The Kier molecular flexibility index (Phi) is 7.06. The molecule has 0 heterocycles. The van der Waals surface area contributed by atoms with E-state index >= 15 is 0 Å². The molecule has 1 aliphatic rings. The van der Waals surface area contributed by atoms with E-state index in [9.17, 15) is 9.59 Å². The van der Waals surface area contributed by atoms with Crippen molar-refractivity contribution in [3.63, 3.8) is 0 Å². The van der Waals surface area contributed by atoms with Crippen LogP contribution in [0.4, 0.5) is 0 Å². The molecule has 0 bridgehead atoms. The topological polar surface area (TPSA) is 64.6 Å². The normalized spacial score (nSPS) is 13.7. The third-order valence-corrected chi connectivity index (χ3v) is 5.26. The summed E-state index contributed by atoms with van der Waals surface area (Å²) in [6.07, 6.45) is 4.74. The third kappa shape index (κ3) is 5.47. The van der Waals surface area contributed by atoms with Gasteiger partial charge in [-0.15, -0.1) is 0 Å². The fraction of sp³-hybridized carbons (Fsp3) is 0.333. The molecule has 0 atom stereocenters. The van der Waals surface area contributed by atoms with Crippen LogP contribution in [0.5, 0.6) is 5.75 Å². The predicted octanol–water partition coefficient (Wildman–Crippen LogP) is 4.21. The fourth-order valence-electron chi connectivity index (χ4n) is 3.59. The summed E-state index contributed by atoms with van der Waals surface area (Å²) in [6.45, 7) is 0.430. The van der Waals surface area contributed by atoms with E-state index in [1.165, 1.54) is 18.2 Å². The van der Waals surface area contributed by atoms with Crippen LogP contribution in [0.3, 0.4) is 0 Å². The molecule has 2 aromatic rings. The Bertz CT molecular complexity index is 882. The van der Waals surface area contributed by atoms with Crippen molar-refractivity contribution in [2.75, 3.05) is 14.2 Å². The molecule has 0 radical (unpaired) electrons. The van der Waals surface area contributed by atoms with Crippen LogP contribution in [0.25, 0.3) is 0 Å². The number of rotatable bonds is 7. The van der Waals surface area contributed by atoms with Gasteiger partial charge >= 0.3 is 5.97 Å². The van der Waals surface area contributed by atoms with E-state index in [0.717, 1.165) is 49.0 Å². The molecule has 0 fully saturated rings. The Morgan fingerprint density at radius 1 is 0.897 bits per heavy atom. The van der Waals surface area contributed by atoms with Crippen LogP contribution in [-0.4, -0.2) is 26.1 Å². The zero-order valence-corrected chi connectivity index (χ0v) is 17.0. The van der Waals surface area contributed by atoms with Gasteiger partial charge in [-0.1, -0.05) is 29.8 Å². The molecule has 0 aromatic heterocycles. The molecule has 152 valence electrons. The highest BCUT2D eigenvalue weighted by molar-refractivity contribution is 5.94. The quantitative estimate of drug-likeness (QED) is 0.716. The van der Waals surface area contributed by atoms with Crippen molar-refractivity contribution in [1.29, 1.82) is 0 Å². The Balaban J connectivity index is 1.65. The summed E-state index contributed by atoms with van der Waals surface area (Å²) in [5.41, 5.74) is 4.77. The molecule has 3 rings (SSSR count). The van der Waals surface area contributed by atoms with E-state index in [4.69, 9.17) is 9.47 Å². The number of methoxy groups -OCH3 is 2. The summed E-state index contributed by atoms with van der Waals surface area (Å²) >= 11 is 0. The van der Waals surface area contributed by atoms with Crippen molar-refractivity contribution in [3.05, 3.63) is 76.4 Å². The average molecular weight is 393 g/mol. The minimum absolute atomic E-state index is 0.00487. The number of carbonyl (C=O) groups is 2.